The number of H-pyrrole nitrogens is 4. The number of thioether (sulfide) groups is 1. The third-order valence-corrected chi connectivity index (χ3v) is 20.9. The summed E-state index contributed by atoms with van der Waals surface area (Å²) in [6.45, 7) is 6.10. The molecule has 0 aliphatic rings. The summed E-state index contributed by atoms with van der Waals surface area (Å²) >= 11 is 7.97. The van der Waals surface area contributed by atoms with E-state index in [0.29, 0.717) is 106 Å². The van der Waals surface area contributed by atoms with Gasteiger partial charge in [0.1, 0.15) is 78.1 Å². The smallest absolute Gasteiger partial charge is 0.305 e. The summed E-state index contributed by atoms with van der Waals surface area (Å²) in [5.74, 6) is 9.79. The van der Waals surface area contributed by atoms with Crippen molar-refractivity contribution in [1.82, 2.24) is 107 Å². The van der Waals surface area contributed by atoms with E-state index in [0.717, 1.165) is 159 Å². The topological polar surface area (TPSA) is 382 Å². The quantitative estimate of drug-likeness (QED) is 0.0157. The van der Waals surface area contributed by atoms with Crippen LogP contribution in [0, 0.1) is 0 Å². The van der Waals surface area contributed by atoms with Crippen molar-refractivity contribution >= 4 is 62.2 Å². The van der Waals surface area contributed by atoms with Crippen LogP contribution in [0.4, 0.5) is 0 Å². The molecule has 0 saturated carbocycles. The average Bonchev–Trinajstić information content (AvgIpc) is 1.74. The lowest BCUT2D eigenvalue weighted by molar-refractivity contribution is -0.143. The van der Waals surface area contributed by atoms with E-state index < -0.39 is 0 Å². The van der Waals surface area contributed by atoms with Gasteiger partial charge in [-0.1, -0.05) is 209 Å². The van der Waals surface area contributed by atoms with Crippen molar-refractivity contribution in [1.29, 1.82) is 0 Å². The molecule has 0 saturated heterocycles. The van der Waals surface area contributed by atoms with Crippen LogP contribution in [0.2, 0.25) is 5.15 Å². The van der Waals surface area contributed by atoms with Crippen LogP contribution in [0.15, 0.2) is 302 Å². The average molecular weight is 1890 g/mol. The van der Waals surface area contributed by atoms with Crippen LogP contribution in [0.1, 0.15) is 133 Å². The van der Waals surface area contributed by atoms with Gasteiger partial charge < -0.3 is 42.6 Å². The summed E-state index contributed by atoms with van der Waals surface area (Å²) in [6, 6.07) is 97.0. The highest BCUT2D eigenvalue weighted by atomic mass is 35.5. The van der Waals surface area contributed by atoms with Gasteiger partial charge in [-0.05, 0) is 208 Å². The molecule has 10 aromatic carbocycles. The molecule has 18 aromatic rings. The lowest BCUT2D eigenvalue weighted by Gasteiger charge is -2.09. The molecule has 31 nitrogen and oxygen atoms in total. The number of fused-ring (bicyclic) bond motifs is 3. The Morgan fingerprint density at radius 3 is 1.18 bits per heavy atom. The Morgan fingerprint density at radius 1 is 0.321 bits per heavy atom. The first-order chi connectivity index (χ1) is 65.1. The Morgan fingerprint density at radius 2 is 0.708 bits per heavy atom. The van der Waals surface area contributed by atoms with Crippen molar-refractivity contribution in [2.75, 3.05) is 33.0 Å². The molecule has 8 aromatic heterocycles. The lowest BCUT2D eigenvalue weighted by Crippen LogP contribution is -2.06. The summed E-state index contributed by atoms with van der Waals surface area (Å²) in [5.41, 5.74) is 11.4. The van der Waals surface area contributed by atoms with E-state index in [1.807, 2.05) is 243 Å². The van der Waals surface area contributed by atoms with Crippen LogP contribution in [0.3, 0.4) is 0 Å². The van der Waals surface area contributed by atoms with E-state index in [-0.39, 0.29) is 49.7 Å². The predicted molar refractivity (Wildman–Crippen MR) is 534 cm³/mol. The van der Waals surface area contributed by atoms with Crippen molar-refractivity contribution < 1.29 is 47.4 Å². The Balaban J connectivity index is 0.000000190. The van der Waals surface area contributed by atoms with Gasteiger partial charge in [0.2, 0.25) is 0 Å². The van der Waals surface area contributed by atoms with Gasteiger partial charge >= 0.3 is 5.97 Å². The highest BCUT2D eigenvalue weighted by Crippen LogP contribution is 2.29. The first-order valence-corrected chi connectivity index (χ1v) is 44.4. The number of benzene rings is 10. The standard InChI is InChI=1S/C22H21N5O2.C21H21ClN2O4.C20H19N5OS.C19H17N5O.C17H18N4O2.5CH4/c1-2-6-17(7-3-1)21-9-4-8-18(23-21)16-29-20-13-11-19(12-14-20)28-15-5-10-22-24-26-27-25-22;1-2-26-20(25)8-5-13-27-15-9-11-16(12-10-15)28-14-19-21(22)24-18-7-4-3-6-17(18)23-19;1-2-5-19-15(4-1)7-8-16(21-19)14-27-18-11-9-17(10-12-18)26-13-3-6-20-22-24-25-23-20;1-2-4-18-15(3-1)8-9-16(20-18)13-25-17-10-5-14(6-11-17)7-12-19-21-23-24-22-19;1-2-5-14(6-3-1)13-23-16-10-8-15(9-11-16)22-12-4-7-17-18-20-21-19-17;;;;;/h1-4,6-9,11-14H,5,10,15-16H2,(H,24,25,26,27);3-4,6-7,9-12H,2,5,8,13-14H2,1H3;1-2,4-5,7-12H,3,6,13-14H2,(H,22,23,24,25);1-6,8-11H,7,12-13H2,(H,21,22,23,24);1-3,5-6,8-11H,4,7,12-13H2,(H,18,19,20,21);5*1H4. The van der Waals surface area contributed by atoms with Crippen molar-refractivity contribution in [3.05, 3.63) is 360 Å². The maximum atomic E-state index is 11.3. The first-order valence-electron chi connectivity index (χ1n) is 43.0. The molecule has 18 rings (SSSR count). The molecule has 0 radical (unpaired) electrons. The summed E-state index contributed by atoms with van der Waals surface area (Å²) < 4.78 is 50.9. The van der Waals surface area contributed by atoms with Gasteiger partial charge in [0, 0.05) is 59.1 Å². The number of pyridine rings is 3. The van der Waals surface area contributed by atoms with Crippen molar-refractivity contribution in [3.8, 4) is 57.3 Å². The van der Waals surface area contributed by atoms with E-state index in [2.05, 4.69) is 157 Å². The lowest BCUT2D eigenvalue weighted by atomic mass is 10.1. The van der Waals surface area contributed by atoms with E-state index in [9.17, 15) is 4.79 Å². The SMILES string of the molecule is C.C.C.C.C.CCOC(=O)CCCOc1ccc(OCc2nc3ccccc3nc2Cl)cc1.c1ccc(-c2cccc(COc3ccc(OCCCc4nn[nH]n4)cc3)n2)cc1.c1ccc(COc2ccc(OCCCc3nn[nH]n3)cc2)cc1.c1ccc2nc(COc3ccc(CCc4nn[nH]n4)cc3)ccc2c1.c1ccc2nc(CSc3ccc(OCCCc4nn[nH]n4)cc3)ccc2c1. The van der Waals surface area contributed by atoms with Crippen LogP contribution in [-0.4, -0.2) is 146 Å². The number of carbonyl (C=O) groups excluding carboxylic acids is 1. The van der Waals surface area contributed by atoms with Gasteiger partial charge in [-0.25, -0.2) is 19.9 Å². The fourth-order valence-electron chi connectivity index (χ4n) is 12.8. The summed E-state index contributed by atoms with van der Waals surface area (Å²) in [5, 5.41) is 58.0. The number of aromatic amines is 4. The number of nitrogens with one attached hydrogen (secondary N) is 4. The second-order valence-electron chi connectivity index (χ2n) is 29.2. The number of tetrazole rings is 4. The molecule has 0 fully saturated rings. The molecule has 0 unspecified atom stereocenters. The molecule has 0 bridgehead atoms. The molecule has 0 aliphatic carbocycles. The largest absolute Gasteiger partial charge is 0.494 e. The van der Waals surface area contributed by atoms with Gasteiger partial charge in [-0.2, -0.15) is 20.9 Å². The fourth-order valence-corrected chi connectivity index (χ4v) is 13.8. The molecule has 137 heavy (non-hydrogen) atoms. The molecule has 0 amide bonds. The molecule has 0 spiro atoms. The zero-order valence-corrected chi connectivity index (χ0v) is 74.0. The Bertz CT molecular complexity index is 6360. The highest BCUT2D eigenvalue weighted by molar-refractivity contribution is 7.98. The number of nitrogens with zero attached hydrogens (tertiary/aromatic N) is 17. The van der Waals surface area contributed by atoms with Gasteiger partial charge in [0.05, 0.1) is 77.9 Å². The van der Waals surface area contributed by atoms with Crippen molar-refractivity contribution in [3.63, 3.8) is 0 Å². The number of aromatic nitrogens is 21. The van der Waals surface area contributed by atoms with Gasteiger partial charge in [0.25, 0.3) is 0 Å². The van der Waals surface area contributed by atoms with Crippen LogP contribution in [0.5, 0.6) is 46.0 Å². The van der Waals surface area contributed by atoms with E-state index in [4.69, 9.17) is 59.2 Å². The molecule has 8 heterocycles. The molecule has 33 heteroatoms. The highest BCUT2D eigenvalue weighted by Gasteiger charge is 2.13. The Hall–Kier alpha value is -15.7. The summed E-state index contributed by atoms with van der Waals surface area (Å²) in [7, 11) is 0. The minimum absolute atomic E-state index is 0. The maximum absolute atomic E-state index is 11.3. The number of hydrogen-bond donors (Lipinski definition) is 4. The summed E-state index contributed by atoms with van der Waals surface area (Å²) in [4.78, 5) is 35.3. The van der Waals surface area contributed by atoms with Crippen molar-refractivity contribution in [2.24, 2.45) is 0 Å². The second kappa shape index (κ2) is 58.3. The first kappa shape index (κ1) is 105. The summed E-state index contributed by atoms with van der Waals surface area (Å²) in [6.07, 6.45) is 7.32. The number of halogens is 1. The normalized spacial score (nSPS) is 10.3. The fraction of sp³-hybridized carbons (Fsp3) is 0.250. The number of hydrogen-bond acceptors (Lipinski definition) is 28. The number of para-hydroxylation sites is 4. The van der Waals surface area contributed by atoms with Crippen molar-refractivity contribution in [2.45, 2.75) is 145 Å². The zero-order chi connectivity index (χ0) is 90.5. The van der Waals surface area contributed by atoms with E-state index in [1.54, 1.807) is 18.7 Å². The van der Waals surface area contributed by atoms with Crippen LogP contribution < -0.4 is 37.9 Å². The predicted octanol–water partition coefficient (Wildman–Crippen LogP) is 21.6. The van der Waals surface area contributed by atoms with Gasteiger partial charge in [0.15, 0.2) is 28.5 Å². The molecule has 4 N–H and O–H groups in total. The minimum Gasteiger partial charge on any atom is -0.494 e. The molecule has 0 atom stereocenters. The van der Waals surface area contributed by atoms with Gasteiger partial charge in [-0.3, -0.25) is 9.78 Å². The van der Waals surface area contributed by atoms with Crippen LogP contribution in [-0.2, 0) is 73.8 Å². The maximum Gasteiger partial charge on any atom is 0.305 e. The zero-order valence-electron chi connectivity index (χ0n) is 72.4. The molecule has 710 valence electrons. The third kappa shape index (κ3) is 36.0. The molecule has 0 aliphatic heterocycles. The minimum atomic E-state index is -0.203. The van der Waals surface area contributed by atoms with E-state index in [1.165, 1.54) is 15.8 Å². The van der Waals surface area contributed by atoms with Crippen LogP contribution >= 0.6 is 23.4 Å². The molecular weight excluding hydrogens is 1770 g/mol. The Kier molecular flexibility index (Phi) is 44.7. The monoisotopic (exact) mass is 1890 g/mol. The number of ether oxygens (including phenoxy) is 9. The molecular formula is C104H116ClN21O10S. The van der Waals surface area contributed by atoms with E-state index >= 15 is 0 Å². The van der Waals surface area contributed by atoms with Crippen LogP contribution in [0.25, 0.3) is 44.1 Å². The third-order valence-electron chi connectivity index (χ3n) is 19.5. The second-order valence-corrected chi connectivity index (χ2v) is 30.6. The number of aryl methyl sites for hydroxylation is 5. The number of rotatable bonds is 40. The number of esters is 1. The van der Waals surface area contributed by atoms with Gasteiger partial charge in [-0.15, -0.1) is 52.6 Å². The number of carbonyl (C=O) groups is 1. The Labute approximate surface area is 807 Å².